The zero-order valence-electron chi connectivity index (χ0n) is 28.4. The third-order valence-electron chi connectivity index (χ3n) is 8.46. The highest BCUT2D eigenvalue weighted by atomic mass is 16.6. The molecule has 3 aromatic carbocycles. The summed E-state index contributed by atoms with van der Waals surface area (Å²) in [7, 11) is 4.63. The number of hydrogen-bond donors (Lipinski definition) is 2. The van der Waals surface area contributed by atoms with Crippen LogP contribution < -0.4 is 20.7 Å². The van der Waals surface area contributed by atoms with E-state index < -0.39 is 66.2 Å². The first-order chi connectivity index (χ1) is 24.7. The lowest BCUT2D eigenvalue weighted by Gasteiger charge is -2.37. The largest absolute Gasteiger partial charge is 0.497 e. The summed E-state index contributed by atoms with van der Waals surface area (Å²) in [5.74, 6) is -0.724. The number of esters is 1. The van der Waals surface area contributed by atoms with Gasteiger partial charge in [0.1, 0.15) is 29.3 Å². The first-order valence-corrected chi connectivity index (χ1v) is 16.2. The number of aromatic amines is 1. The van der Waals surface area contributed by atoms with E-state index in [9.17, 15) is 24.3 Å². The first kappa shape index (κ1) is 37.0. The van der Waals surface area contributed by atoms with Crippen LogP contribution in [0.5, 0.6) is 11.5 Å². The summed E-state index contributed by atoms with van der Waals surface area (Å²) in [5, 5.41) is 9.20. The van der Waals surface area contributed by atoms with Crippen LogP contribution in [0.25, 0.3) is 0 Å². The van der Waals surface area contributed by atoms with Crippen LogP contribution in [0, 0.1) is 0 Å². The van der Waals surface area contributed by atoms with E-state index in [1.807, 2.05) is 78.9 Å². The molecule has 0 saturated carbocycles. The Balaban J connectivity index is 1.61. The molecule has 51 heavy (non-hydrogen) atoms. The molecule has 1 aliphatic rings. The van der Waals surface area contributed by atoms with Gasteiger partial charge in [-0.25, -0.2) is 4.79 Å². The SMILES string of the molecule is COCCO[C@@H]1[C@H](OC(=O)CCC(=O)O)[C@@H](COC(c2ccccc2)(c2ccc(OC)cc2)c2ccc(OC)cc2)O[C@H]1n1ccc(=O)[nH]c1=O. The summed E-state index contributed by atoms with van der Waals surface area (Å²) in [6, 6.07) is 25.5. The Kier molecular flexibility index (Phi) is 12.4. The molecule has 1 aromatic heterocycles. The molecule has 5 rings (SSSR count). The van der Waals surface area contributed by atoms with Crippen molar-refractivity contribution in [3.05, 3.63) is 129 Å². The number of methoxy groups -OCH3 is 3. The van der Waals surface area contributed by atoms with E-state index >= 15 is 0 Å². The molecule has 270 valence electrons. The van der Waals surface area contributed by atoms with Gasteiger partial charge in [0, 0.05) is 19.4 Å². The van der Waals surface area contributed by atoms with Crippen LogP contribution in [-0.2, 0) is 38.9 Å². The normalized spacial score (nSPS) is 18.6. The molecule has 1 aliphatic heterocycles. The lowest BCUT2D eigenvalue weighted by Crippen LogP contribution is -2.43. The number of carbonyl (C=O) groups is 2. The van der Waals surface area contributed by atoms with Gasteiger partial charge in [-0.1, -0.05) is 54.6 Å². The van der Waals surface area contributed by atoms with E-state index in [0.29, 0.717) is 11.5 Å². The molecule has 2 heterocycles. The van der Waals surface area contributed by atoms with Crippen molar-refractivity contribution in [3.63, 3.8) is 0 Å². The Morgan fingerprint density at radius 1 is 0.804 bits per heavy atom. The molecule has 14 heteroatoms. The molecule has 2 N–H and O–H groups in total. The standard InChI is InChI=1S/C37H40N2O12/c1-45-21-22-48-34-33(51-32(43)18-17-31(41)42)29(50-35(34)39-20-19-30(40)38-36(39)44)23-49-37(24-7-5-4-6-8-24,25-9-13-27(46-2)14-10-25)26-11-15-28(47-3)16-12-26/h4-16,19-20,29,33-35H,17-18,21-23H2,1-3H3,(H,41,42)(H,38,40,44)/t29-,33-,34-,35-/m1/s1. The monoisotopic (exact) mass is 704 g/mol. The van der Waals surface area contributed by atoms with Gasteiger partial charge in [0.15, 0.2) is 12.3 Å². The van der Waals surface area contributed by atoms with E-state index in [1.54, 1.807) is 14.2 Å². The third-order valence-corrected chi connectivity index (χ3v) is 8.46. The molecule has 0 aliphatic carbocycles. The first-order valence-electron chi connectivity index (χ1n) is 16.2. The molecule has 1 fully saturated rings. The molecule has 0 amide bonds. The van der Waals surface area contributed by atoms with Crippen LogP contribution in [0.1, 0.15) is 35.8 Å². The predicted molar refractivity (Wildman–Crippen MR) is 182 cm³/mol. The second kappa shape index (κ2) is 17.1. The number of nitrogens with one attached hydrogen (secondary N) is 1. The number of carboxylic acid groups (broad SMARTS) is 1. The average Bonchev–Trinajstić information content (AvgIpc) is 3.47. The van der Waals surface area contributed by atoms with Gasteiger partial charge < -0.3 is 38.3 Å². The molecule has 1 saturated heterocycles. The van der Waals surface area contributed by atoms with Crippen molar-refractivity contribution in [2.24, 2.45) is 0 Å². The van der Waals surface area contributed by atoms with E-state index in [4.69, 9.17) is 33.2 Å². The van der Waals surface area contributed by atoms with Crippen molar-refractivity contribution in [2.45, 2.75) is 43.0 Å². The minimum atomic E-state index is -1.28. The van der Waals surface area contributed by atoms with Gasteiger partial charge in [-0.05, 0) is 41.0 Å². The molecule has 4 atom stereocenters. The van der Waals surface area contributed by atoms with Gasteiger partial charge in [-0.3, -0.25) is 23.9 Å². The number of aliphatic carboxylic acids is 1. The number of benzene rings is 3. The Morgan fingerprint density at radius 3 is 1.96 bits per heavy atom. The van der Waals surface area contributed by atoms with Gasteiger partial charge >= 0.3 is 17.6 Å². The van der Waals surface area contributed by atoms with Crippen molar-refractivity contribution in [1.29, 1.82) is 0 Å². The number of H-pyrrole nitrogens is 1. The van der Waals surface area contributed by atoms with Gasteiger partial charge in [0.25, 0.3) is 5.56 Å². The van der Waals surface area contributed by atoms with Gasteiger partial charge in [-0.2, -0.15) is 0 Å². The molecule has 0 spiro atoms. The highest BCUT2D eigenvalue weighted by molar-refractivity contribution is 5.76. The summed E-state index contributed by atoms with van der Waals surface area (Å²) < 4.78 is 42.6. The minimum absolute atomic E-state index is 0.0293. The zero-order chi connectivity index (χ0) is 36.4. The van der Waals surface area contributed by atoms with Crippen molar-refractivity contribution < 1.29 is 47.9 Å². The third kappa shape index (κ3) is 8.55. The average molecular weight is 705 g/mol. The van der Waals surface area contributed by atoms with Crippen molar-refractivity contribution in [1.82, 2.24) is 9.55 Å². The highest BCUT2D eigenvalue weighted by Crippen LogP contribution is 2.43. The number of hydrogen-bond acceptors (Lipinski definition) is 11. The number of carbonyl (C=O) groups excluding carboxylic acids is 1. The summed E-state index contributed by atoms with van der Waals surface area (Å²) in [6.07, 6.45) is -4.16. The van der Waals surface area contributed by atoms with Gasteiger partial charge in [0.05, 0.1) is 46.9 Å². The topological polar surface area (TPSA) is 174 Å². The Labute approximate surface area is 293 Å². The number of rotatable bonds is 17. The van der Waals surface area contributed by atoms with Crippen LogP contribution in [0.4, 0.5) is 0 Å². The molecule has 0 bridgehead atoms. The molecule has 4 aromatic rings. The molecular formula is C37H40N2O12. The summed E-state index contributed by atoms with van der Waals surface area (Å²) >= 11 is 0. The smallest absolute Gasteiger partial charge is 0.330 e. The fourth-order valence-electron chi connectivity index (χ4n) is 5.98. The van der Waals surface area contributed by atoms with Gasteiger partial charge in [0.2, 0.25) is 0 Å². The number of ether oxygens (including phenoxy) is 7. The van der Waals surface area contributed by atoms with E-state index in [0.717, 1.165) is 27.3 Å². The predicted octanol–water partition coefficient (Wildman–Crippen LogP) is 3.27. The summed E-state index contributed by atoms with van der Waals surface area (Å²) in [4.78, 5) is 51.5. The zero-order valence-corrected chi connectivity index (χ0v) is 28.4. The Bertz CT molecular complexity index is 1810. The second-order valence-electron chi connectivity index (χ2n) is 11.6. The van der Waals surface area contributed by atoms with Crippen LogP contribution in [-0.4, -0.2) is 86.1 Å². The molecule has 0 unspecified atom stereocenters. The van der Waals surface area contributed by atoms with Gasteiger partial charge in [-0.15, -0.1) is 0 Å². The summed E-state index contributed by atoms with van der Waals surface area (Å²) in [5.41, 5.74) is -0.451. The van der Waals surface area contributed by atoms with Crippen LogP contribution in [0.15, 0.2) is 101 Å². The number of carboxylic acids is 1. The fraction of sp³-hybridized carbons (Fsp3) is 0.351. The fourth-order valence-corrected chi connectivity index (χ4v) is 5.98. The Morgan fingerprint density at radius 2 is 1.41 bits per heavy atom. The maximum absolute atomic E-state index is 13.1. The molecule has 0 radical (unpaired) electrons. The second-order valence-corrected chi connectivity index (χ2v) is 11.6. The van der Waals surface area contributed by atoms with E-state index in [2.05, 4.69) is 4.98 Å². The Hall–Kier alpha value is -5.28. The molecule has 14 nitrogen and oxygen atoms in total. The van der Waals surface area contributed by atoms with Crippen LogP contribution in [0.2, 0.25) is 0 Å². The van der Waals surface area contributed by atoms with E-state index in [1.165, 1.54) is 13.3 Å². The summed E-state index contributed by atoms with van der Waals surface area (Å²) in [6.45, 7) is -0.0270. The van der Waals surface area contributed by atoms with Crippen LogP contribution in [0.3, 0.4) is 0 Å². The number of nitrogens with zero attached hydrogens (tertiary/aromatic N) is 1. The maximum Gasteiger partial charge on any atom is 0.330 e. The maximum atomic E-state index is 13.1. The lowest BCUT2D eigenvalue weighted by atomic mass is 9.80. The van der Waals surface area contributed by atoms with Crippen molar-refractivity contribution in [2.75, 3.05) is 41.2 Å². The minimum Gasteiger partial charge on any atom is -0.497 e. The lowest BCUT2D eigenvalue weighted by molar-refractivity contribution is -0.162. The van der Waals surface area contributed by atoms with E-state index in [-0.39, 0.29) is 19.8 Å². The van der Waals surface area contributed by atoms with Crippen molar-refractivity contribution in [3.8, 4) is 11.5 Å². The quantitative estimate of drug-likeness (QED) is 0.0935. The van der Waals surface area contributed by atoms with Crippen LogP contribution >= 0.6 is 0 Å². The molecular weight excluding hydrogens is 664 g/mol. The van der Waals surface area contributed by atoms with Crippen molar-refractivity contribution >= 4 is 11.9 Å². The number of aromatic nitrogens is 2. The highest BCUT2D eigenvalue weighted by Gasteiger charge is 2.51.